The van der Waals surface area contributed by atoms with Gasteiger partial charge in [-0.1, -0.05) is 6.92 Å². The maximum Gasteiger partial charge on any atom is 0.316 e. The molecule has 0 aromatic carbocycles. The zero-order valence-corrected chi connectivity index (χ0v) is 15.3. The average molecular weight is 333 g/mol. The van der Waals surface area contributed by atoms with Gasteiger partial charge in [-0.3, -0.25) is 9.59 Å². The van der Waals surface area contributed by atoms with Crippen LogP contribution in [0.2, 0.25) is 0 Å². The number of esters is 1. The van der Waals surface area contributed by atoms with Crippen molar-refractivity contribution in [1.29, 1.82) is 0 Å². The summed E-state index contributed by atoms with van der Waals surface area (Å²) in [6.07, 6.45) is 7.48. The van der Waals surface area contributed by atoms with E-state index in [1.165, 1.54) is 32.8 Å². The fourth-order valence-electron chi connectivity index (χ4n) is 7.07. The minimum Gasteiger partial charge on any atom is -0.468 e. The highest BCUT2D eigenvalue weighted by Crippen LogP contribution is 2.62. The number of methoxy groups -OCH3 is 1. The van der Waals surface area contributed by atoms with E-state index in [-0.39, 0.29) is 17.2 Å². The summed E-state index contributed by atoms with van der Waals surface area (Å²) in [5, 5.41) is 3.77. The van der Waals surface area contributed by atoms with Gasteiger partial charge in [-0.15, -0.1) is 0 Å². The highest BCUT2D eigenvalue weighted by atomic mass is 16.5. The smallest absolute Gasteiger partial charge is 0.316 e. The molecule has 1 N–H and O–H groups in total. The quantitative estimate of drug-likeness (QED) is 0.592. The molecular formula is C20H31NO3. The summed E-state index contributed by atoms with van der Waals surface area (Å²) in [5.74, 6) is 1.93. The summed E-state index contributed by atoms with van der Waals surface area (Å²) in [4.78, 5) is 24.6. The third-order valence-electron chi connectivity index (χ3n) is 8.40. The van der Waals surface area contributed by atoms with Crippen LogP contribution in [-0.2, 0) is 14.3 Å². The molecule has 0 aromatic rings. The van der Waals surface area contributed by atoms with Gasteiger partial charge in [0, 0.05) is 12.0 Å². The van der Waals surface area contributed by atoms with Crippen molar-refractivity contribution in [2.45, 2.75) is 64.3 Å². The van der Waals surface area contributed by atoms with Gasteiger partial charge in [0.15, 0.2) is 0 Å². The van der Waals surface area contributed by atoms with Crippen molar-refractivity contribution >= 4 is 11.8 Å². The van der Waals surface area contributed by atoms with Crippen LogP contribution < -0.4 is 5.32 Å². The van der Waals surface area contributed by atoms with Gasteiger partial charge < -0.3 is 10.1 Å². The molecule has 0 amide bonds. The minimum absolute atomic E-state index is 0.117. The summed E-state index contributed by atoms with van der Waals surface area (Å²) >= 11 is 0. The van der Waals surface area contributed by atoms with Crippen molar-refractivity contribution in [2.75, 3.05) is 13.7 Å². The molecule has 4 fully saturated rings. The van der Waals surface area contributed by atoms with E-state index in [2.05, 4.69) is 19.2 Å². The number of hydrogen-bond donors (Lipinski definition) is 1. The van der Waals surface area contributed by atoms with Crippen LogP contribution in [0.5, 0.6) is 0 Å². The van der Waals surface area contributed by atoms with Crippen LogP contribution in [0.1, 0.15) is 58.8 Å². The zero-order valence-electron chi connectivity index (χ0n) is 15.3. The number of rotatable bonds is 1. The highest BCUT2D eigenvalue weighted by molar-refractivity contribution is 5.99. The lowest BCUT2D eigenvalue weighted by Gasteiger charge is -2.60. The Kier molecular flexibility index (Phi) is 3.83. The van der Waals surface area contributed by atoms with Gasteiger partial charge in [0.05, 0.1) is 7.11 Å². The van der Waals surface area contributed by atoms with Gasteiger partial charge in [-0.25, -0.2) is 0 Å². The van der Waals surface area contributed by atoms with E-state index < -0.39 is 5.92 Å². The van der Waals surface area contributed by atoms with Crippen LogP contribution in [0.3, 0.4) is 0 Å². The van der Waals surface area contributed by atoms with E-state index in [0.717, 1.165) is 24.8 Å². The lowest BCUT2D eigenvalue weighted by Crippen LogP contribution is -2.58. The number of Topliss-reactive ketones (excluding diaryl/α,β-unsaturated/α-hetero) is 1. The van der Waals surface area contributed by atoms with Crippen molar-refractivity contribution in [1.82, 2.24) is 5.32 Å². The van der Waals surface area contributed by atoms with Crippen molar-refractivity contribution in [2.24, 2.45) is 35.0 Å². The Morgan fingerprint density at radius 1 is 1.17 bits per heavy atom. The third kappa shape index (κ3) is 2.21. The molecule has 4 nitrogen and oxygen atoms in total. The summed E-state index contributed by atoms with van der Waals surface area (Å²) in [6, 6.07) is 0. The Labute approximate surface area is 145 Å². The van der Waals surface area contributed by atoms with E-state index in [9.17, 15) is 9.59 Å². The number of fused-ring (bicyclic) bond motifs is 5. The second-order valence-electron chi connectivity index (χ2n) is 9.28. The molecule has 0 aromatic heterocycles. The standard InChI is InChI=1S/C20H31NO3/c1-19-11-14(18(23)24-3)17(22)10-12(19)4-5-13-15(19)6-8-20(2)16(13)7-9-21-20/h12-16,21H,4-11H2,1-3H3/t12?,13-,14?,15-,16+,19+,20+/m1/s1. The molecule has 3 aliphatic carbocycles. The predicted molar refractivity (Wildman–Crippen MR) is 91.3 cm³/mol. The van der Waals surface area contributed by atoms with Gasteiger partial charge in [0.25, 0.3) is 0 Å². The Balaban J connectivity index is 1.63. The number of hydrogen-bond acceptors (Lipinski definition) is 4. The fourth-order valence-corrected chi connectivity index (χ4v) is 7.07. The lowest BCUT2D eigenvalue weighted by atomic mass is 9.45. The van der Waals surface area contributed by atoms with Crippen LogP contribution in [0.15, 0.2) is 0 Å². The Morgan fingerprint density at radius 2 is 1.96 bits per heavy atom. The van der Waals surface area contributed by atoms with Gasteiger partial charge in [-0.05, 0) is 81.1 Å². The van der Waals surface area contributed by atoms with Crippen LogP contribution in [0.4, 0.5) is 0 Å². The fraction of sp³-hybridized carbons (Fsp3) is 0.900. The first-order valence-corrected chi connectivity index (χ1v) is 9.74. The van der Waals surface area contributed by atoms with Gasteiger partial charge in [0.2, 0.25) is 0 Å². The van der Waals surface area contributed by atoms with E-state index in [0.29, 0.717) is 30.2 Å². The van der Waals surface area contributed by atoms with E-state index >= 15 is 0 Å². The van der Waals surface area contributed by atoms with Crippen molar-refractivity contribution in [3.63, 3.8) is 0 Å². The number of nitrogens with one attached hydrogen (secondary N) is 1. The number of carbonyl (C=O) groups is 2. The molecule has 0 radical (unpaired) electrons. The SMILES string of the molecule is COC(=O)C1C[C@@]2(C)C(CC[C@@H]3[C@H]2CC[C@]2(C)NCC[C@@H]32)CC1=O. The predicted octanol–water partition coefficient (Wildman–Crippen LogP) is 2.95. The van der Waals surface area contributed by atoms with E-state index in [1.807, 2.05) is 0 Å². The van der Waals surface area contributed by atoms with E-state index in [1.54, 1.807) is 0 Å². The second-order valence-corrected chi connectivity index (χ2v) is 9.28. The molecule has 7 atom stereocenters. The number of carbonyl (C=O) groups excluding carboxylic acids is 2. The average Bonchev–Trinajstić information content (AvgIpc) is 2.96. The monoisotopic (exact) mass is 333 g/mol. The molecular weight excluding hydrogens is 302 g/mol. The third-order valence-corrected chi connectivity index (χ3v) is 8.40. The second kappa shape index (κ2) is 5.55. The zero-order chi connectivity index (χ0) is 17.1. The van der Waals surface area contributed by atoms with Crippen molar-refractivity contribution < 1.29 is 14.3 Å². The maximum absolute atomic E-state index is 12.5. The highest BCUT2D eigenvalue weighted by Gasteiger charge is 2.59. The molecule has 0 spiro atoms. The Bertz CT molecular complexity index is 561. The molecule has 1 heterocycles. The number of ketones is 1. The Morgan fingerprint density at radius 3 is 2.71 bits per heavy atom. The van der Waals surface area contributed by atoms with Gasteiger partial charge >= 0.3 is 5.97 Å². The molecule has 4 heteroatoms. The molecule has 2 unspecified atom stereocenters. The van der Waals surface area contributed by atoms with E-state index in [4.69, 9.17) is 4.74 Å². The van der Waals surface area contributed by atoms with Crippen molar-refractivity contribution in [3.8, 4) is 0 Å². The minimum atomic E-state index is -0.523. The topological polar surface area (TPSA) is 55.4 Å². The largest absolute Gasteiger partial charge is 0.468 e. The van der Waals surface area contributed by atoms with Crippen LogP contribution in [0, 0.1) is 35.0 Å². The molecule has 1 aliphatic heterocycles. The molecule has 4 rings (SSSR count). The molecule has 3 saturated carbocycles. The molecule has 134 valence electrons. The molecule has 1 saturated heterocycles. The summed E-state index contributed by atoms with van der Waals surface area (Å²) in [5.41, 5.74) is 0.441. The van der Waals surface area contributed by atoms with Crippen LogP contribution >= 0.6 is 0 Å². The summed E-state index contributed by atoms with van der Waals surface area (Å²) < 4.78 is 4.94. The van der Waals surface area contributed by atoms with Crippen LogP contribution in [0.25, 0.3) is 0 Å². The normalized spacial score (nSPS) is 50.6. The van der Waals surface area contributed by atoms with Crippen LogP contribution in [-0.4, -0.2) is 30.9 Å². The first-order chi connectivity index (χ1) is 11.4. The van der Waals surface area contributed by atoms with Gasteiger partial charge in [-0.2, -0.15) is 0 Å². The molecule has 0 bridgehead atoms. The van der Waals surface area contributed by atoms with Gasteiger partial charge in [0.1, 0.15) is 11.7 Å². The summed E-state index contributed by atoms with van der Waals surface area (Å²) in [7, 11) is 1.41. The lowest BCUT2D eigenvalue weighted by molar-refractivity contribution is -0.162. The van der Waals surface area contributed by atoms with Crippen molar-refractivity contribution in [3.05, 3.63) is 0 Å². The maximum atomic E-state index is 12.5. The molecule has 4 aliphatic rings. The first kappa shape index (κ1) is 16.6. The molecule has 24 heavy (non-hydrogen) atoms. The first-order valence-electron chi connectivity index (χ1n) is 9.74. The Hall–Kier alpha value is -0.900. The summed E-state index contributed by atoms with van der Waals surface area (Å²) in [6.45, 7) is 5.94. The number of ether oxygens (including phenoxy) is 1.